The van der Waals surface area contributed by atoms with Crippen molar-refractivity contribution in [3.63, 3.8) is 0 Å². The Morgan fingerprint density at radius 3 is 2.67 bits per heavy atom. The maximum atomic E-state index is 12.8. The van der Waals surface area contributed by atoms with Gasteiger partial charge in [-0.2, -0.15) is 0 Å². The number of hydrogen-bond acceptors (Lipinski definition) is 5. The molecule has 6 heteroatoms. The second kappa shape index (κ2) is 9.39. The fourth-order valence-corrected chi connectivity index (χ4v) is 2.69. The molecule has 1 heterocycles. The first-order chi connectivity index (χ1) is 11.6. The van der Waals surface area contributed by atoms with Crippen LogP contribution in [0, 0.1) is 6.92 Å². The zero-order valence-corrected chi connectivity index (χ0v) is 14.5. The van der Waals surface area contributed by atoms with Gasteiger partial charge in [0.15, 0.2) is 0 Å². The fraction of sp³-hybridized carbons (Fsp3) is 0.556. The molecule has 0 radical (unpaired) electrons. The van der Waals surface area contributed by atoms with Gasteiger partial charge in [0, 0.05) is 38.3 Å². The Labute approximate surface area is 143 Å². The van der Waals surface area contributed by atoms with Crippen molar-refractivity contribution >= 4 is 11.9 Å². The summed E-state index contributed by atoms with van der Waals surface area (Å²) in [5, 5.41) is 0. The monoisotopic (exact) mass is 334 g/mol. The van der Waals surface area contributed by atoms with Crippen LogP contribution in [0.2, 0.25) is 0 Å². The minimum absolute atomic E-state index is 0.0455. The summed E-state index contributed by atoms with van der Waals surface area (Å²) in [5.74, 6) is -0.348. The molecule has 132 valence electrons. The molecule has 0 aromatic heterocycles. The number of esters is 1. The summed E-state index contributed by atoms with van der Waals surface area (Å²) in [6.07, 6.45) is 0.206. The highest BCUT2D eigenvalue weighted by Gasteiger charge is 2.19. The van der Waals surface area contributed by atoms with E-state index in [0.29, 0.717) is 18.7 Å². The number of morpholine rings is 1. The third-order valence-electron chi connectivity index (χ3n) is 4.16. The standard InChI is InChI=1S/C18H26N2O4/c1-15-4-3-5-16(14-15)18(22)20(7-6-17(21)23-2)9-8-19-10-12-24-13-11-19/h3-5,14H,6-13H2,1-2H3. The van der Waals surface area contributed by atoms with Crippen molar-refractivity contribution in [1.82, 2.24) is 9.80 Å². The van der Waals surface area contributed by atoms with Gasteiger partial charge in [0.05, 0.1) is 26.7 Å². The molecule has 1 aromatic rings. The Kier molecular flexibility index (Phi) is 7.21. The largest absolute Gasteiger partial charge is 0.469 e. The van der Waals surface area contributed by atoms with Gasteiger partial charge in [-0.25, -0.2) is 0 Å². The smallest absolute Gasteiger partial charge is 0.307 e. The second-order valence-electron chi connectivity index (χ2n) is 5.94. The van der Waals surface area contributed by atoms with Crippen LogP contribution in [0.3, 0.4) is 0 Å². The molecule has 2 rings (SSSR count). The van der Waals surface area contributed by atoms with Gasteiger partial charge in [0.25, 0.3) is 5.91 Å². The molecule has 0 N–H and O–H groups in total. The molecule has 6 nitrogen and oxygen atoms in total. The predicted molar refractivity (Wildman–Crippen MR) is 91.0 cm³/mol. The number of hydrogen-bond donors (Lipinski definition) is 0. The average Bonchev–Trinajstić information content (AvgIpc) is 2.61. The molecule has 0 spiro atoms. The molecular weight excluding hydrogens is 308 g/mol. The molecule has 0 bridgehead atoms. The number of rotatable bonds is 7. The van der Waals surface area contributed by atoms with Gasteiger partial charge in [0.2, 0.25) is 0 Å². The first-order valence-corrected chi connectivity index (χ1v) is 8.33. The van der Waals surface area contributed by atoms with Crippen LogP contribution < -0.4 is 0 Å². The van der Waals surface area contributed by atoms with Crippen LogP contribution in [0.15, 0.2) is 24.3 Å². The first kappa shape index (κ1) is 18.4. The van der Waals surface area contributed by atoms with Gasteiger partial charge in [0.1, 0.15) is 0 Å². The number of benzene rings is 1. The highest BCUT2D eigenvalue weighted by Crippen LogP contribution is 2.09. The number of methoxy groups -OCH3 is 1. The lowest BCUT2D eigenvalue weighted by atomic mass is 10.1. The van der Waals surface area contributed by atoms with E-state index in [1.54, 1.807) is 4.90 Å². The predicted octanol–water partition coefficient (Wildman–Crippen LogP) is 1.33. The van der Waals surface area contributed by atoms with Crippen LogP contribution in [0.4, 0.5) is 0 Å². The van der Waals surface area contributed by atoms with E-state index in [2.05, 4.69) is 4.90 Å². The molecule has 1 fully saturated rings. The number of aryl methyl sites for hydroxylation is 1. The Balaban J connectivity index is 2.00. The number of carbonyl (C=O) groups is 2. The van der Waals surface area contributed by atoms with Gasteiger partial charge in [-0.3, -0.25) is 14.5 Å². The number of carbonyl (C=O) groups excluding carboxylic acids is 2. The van der Waals surface area contributed by atoms with Crippen LogP contribution in [0.5, 0.6) is 0 Å². The Hall–Kier alpha value is -1.92. The Morgan fingerprint density at radius 2 is 2.00 bits per heavy atom. The summed E-state index contributed by atoms with van der Waals surface area (Å²) in [7, 11) is 1.36. The van der Waals surface area contributed by atoms with Crippen molar-refractivity contribution in [2.45, 2.75) is 13.3 Å². The van der Waals surface area contributed by atoms with Crippen molar-refractivity contribution in [2.75, 3.05) is 53.0 Å². The summed E-state index contributed by atoms with van der Waals surface area (Å²) in [6, 6.07) is 7.53. The van der Waals surface area contributed by atoms with Crippen LogP contribution in [0.1, 0.15) is 22.3 Å². The van der Waals surface area contributed by atoms with Crippen LogP contribution in [-0.4, -0.2) is 74.7 Å². The highest BCUT2D eigenvalue weighted by molar-refractivity contribution is 5.94. The zero-order chi connectivity index (χ0) is 17.4. The quantitative estimate of drug-likeness (QED) is 0.704. The maximum absolute atomic E-state index is 12.8. The zero-order valence-electron chi connectivity index (χ0n) is 14.5. The van der Waals surface area contributed by atoms with Crippen molar-refractivity contribution in [2.24, 2.45) is 0 Å². The van der Waals surface area contributed by atoms with Crippen LogP contribution in [0.25, 0.3) is 0 Å². The SMILES string of the molecule is COC(=O)CCN(CCN1CCOCC1)C(=O)c1cccc(C)c1. The molecule has 0 saturated carbocycles. The third kappa shape index (κ3) is 5.62. The molecule has 1 aromatic carbocycles. The van der Waals surface area contributed by atoms with Gasteiger partial charge in [-0.1, -0.05) is 17.7 Å². The highest BCUT2D eigenvalue weighted by atomic mass is 16.5. The third-order valence-corrected chi connectivity index (χ3v) is 4.16. The Bertz CT molecular complexity index is 556. The van der Waals surface area contributed by atoms with Gasteiger partial charge < -0.3 is 14.4 Å². The summed E-state index contributed by atoms with van der Waals surface area (Å²) in [5.41, 5.74) is 1.70. The number of ether oxygens (including phenoxy) is 2. The first-order valence-electron chi connectivity index (χ1n) is 8.33. The van der Waals surface area contributed by atoms with Crippen LogP contribution >= 0.6 is 0 Å². The van der Waals surface area contributed by atoms with Crippen molar-refractivity contribution in [3.05, 3.63) is 35.4 Å². The molecule has 24 heavy (non-hydrogen) atoms. The van der Waals surface area contributed by atoms with E-state index >= 15 is 0 Å². The lowest BCUT2D eigenvalue weighted by molar-refractivity contribution is -0.140. The lowest BCUT2D eigenvalue weighted by Crippen LogP contribution is -2.43. The van der Waals surface area contributed by atoms with E-state index in [-0.39, 0.29) is 18.3 Å². The lowest BCUT2D eigenvalue weighted by Gasteiger charge is -2.30. The van der Waals surface area contributed by atoms with Crippen molar-refractivity contribution in [1.29, 1.82) is 0 Å². The molecule has 1 aliphatic rings. The van der Waals surface area contributed by atoms with E-state index in [9.17, 15) is 9.59 Å². The van der Waals surface area contributed by atoms with Crippen molar-refractivity contribution < 1.29 is 19.1 Å². The molecule has 1 saturated heterocycles. The fourth-order valence-electron chi connectivity index (χ4n) is 2.69. The molecular formula is C18H26N2O4. The number of nitrogens with zero attached hydrogens (tertiary/aromatic N) is 2. The molecule has 1 amide bonds. The van der Waals surface area contributed by atoms with E-state index in [4.69, 9.17) is 9.47 Å². The van der Waals surface area contributed by atoms with E-state index < -0.39 is 0 Å². The molecule has 1 aliphatic heterocycles. The van der Waals surface area contributed by atoms with Gasteiger partial charge in [-0.05, 0) is 19.1 Å². The molecule has 0 atom stereocenters. The molecule has 0 aliphatic carbocycles. The summed E-state index contributed by atoms with van der Waals surface area (Å²) in [6.45, 7) is 6.91. The number of amides is 1. The summed E-state index contributed by atoms with van der Waals surface area (Å²) in [4.78, 5) is 28.3. The van der Waals surface area contributed by atoms with E-state index in [0.717, 1.165) is 38.4 Å². The topological polar surface area (TPSA) is 59.1 Å². The van der Waals surface area contributed by atoms with Gasteiger partial charge in [-0.15, -0.1) is 0 Å². The van der Waals surface area contributed by atoms with Gasteiger partial charge >= 0.3 is 5.97 Å². The average molecular weight is 334 g/mol. The van der Waals surface area contributed by atoms with Crippen LogP contribution in [-0.2, 0) is 14.3 Å². The Morgan fingerprint density at radius 1 is 1.25 bits per heavy atom. The minimum atomic E-state index is -0.302. The summed E-state index contributed by atoms with van der Waals surface area (Å²) < 4.78 is 10.0. The normalized spacial score (nSPS) is 15.1. The second-order valence-corrected chi connectivity index (χ2v) is 5.94. The molecule has 0 unspecified atom stereocenters. The van der Waals surface area contributed by atoms with E-state index in [1.165, 1.54) is 7.11 Å². The maximum Gasteiger partial charge on any atom is 0.307 e. The summed E-state index contributed by atoms with van der Waals surface area (Å²) >= 11 is 0. The van der Waals surface area contributed by atoms with Crippen molar-refractivity contribution in [3.8, 4) is 0 Å². The minimum Gasteiger partial charge on any atom is -0.469 e. The van der Waals surface area contributed by atoms with E-state index in [1.807, 2.05) is 31.2 Å².